The maximum atomic E-state index is 13.3. The molecule has 0 bridgehead atoms. The first-order valence-electron chi connectivity index (χ1n) is 11.5. The molecule has 1 aliphatic carbocycles. The molecule has 8 nitrogen and oxygen atoms in total. The molecule has 5 rings (SSSR count). The van der Waals surface area contributed by atoms with Crippen molar-refractivity contribution in [1.82, 2.24) is 9.29 Å². The molecule has 3 heterocycles. The molecule has 0 spiro atoms. The van der Waals surface area contributed by atoms with Gasteiger partial charge < -0.3 is 10.2 Å². The number of pyridine rings is 1. The summed E-state index contributed by atoms with van der Waals surface area (Å²) in [4.78, 5) is 31.4. The number of piperidine rings is 1. The largest absolute Gasteiger partial charge is 0.310 e. The molecular formula is C24H28N4O4S. The summed E-state index contributed by atoms with van der Waals surface area (Å²) in [5.41, 5.74) is 1.74. The highest BCUT2D eigenvalue weighted by Crippen LogP contribution is 2.40. The standard InChI is InChI=1S/C24H28N4O4S/c1-16-14-19-15-20(7-8-21(19)28(16)24(30)18-5-6-18)33(31,32)27-12-9-17(10-13-27)23(29)26-22-4-2-3-11-25-22/h2-4,7-8,11,15-18H,5-6,9-10,12-14H2,1H3,(H,25,26,29). The van der Waals surface area contributed by atoms with Gasteiger partial charge in [0.1, 0.15) is 5.82 Å². The molecule has 174 valence electrons. The highest BCUT2D eigenvalue weighted by Gasteiger charge is 2.40. The summed E-state index contributed by atoms with van der Waals surface area (Å²) in [6, 6.07) is 10.5. The van der Waals surface area contributed by atoms with Crippen LogP contribution in [0.3, 0.4) is 0 Å². The first-order chi connectivity index (χ1) is 15.8. The van der Waals surface area contributed by atoms with Crippen LogP contribution >= 0.6 is 0 Å². The van der Waals surface area contributed by atoms with E-state index in [1.807, 2.05) is 11.8 Å². The molecule has 2 amide bonds. The summed E-state index contributed by atoms with van der Waals surface area (Å²) in [7, 11) is -3.66. The predicted octanol–water partition coefficient (Wildman–Crippen LogP) is 2.81. The van der Waals surface area contributed by atoms with E-state index in [9.17, 15) is 18.0 Å². The van der Waals surface area contributed by atoms with Crippen LogP contribution in [0.1, 0.15) is 38.2 Å². The maximum Gasteiger partial charge on any atom is 0.243 e. The van der Waals surface area contributed by atoms with Gasteiger partial charge in [0.25, 0.3) is 0 Å². The SMILES string of the molecule is CC1Cc2cc(S(=O)(=O)N3CCC(C(=O)Nc4ccccn4)CC3)ccc2N1C(=O)C1CC1. The van der Waals surface area contributed by atoms with Crippen LogP contribution in [0.5, 0.6) is 0 Å². The Morgan fingerprint density at radius 1 is 1.03 bits per heavy atom. The van der Waals surface area contributed by atoms with Crippen molar-refractivity contribution in [3.8, 4) is 0 Å². The summed E-state index contributed by atoms with van der Waals surface area (Å²) in [6.45, 7) is 2.60. The van der Waals surface area contributed by atoms with Crippen molar-refractivity contribution < 1.29 is 18.0 Å². The van der Waals surface area contributed by atoms with Crippen LogP contribution in [0, 0.1) is 11.8 Å². The highest BCUT2D eigenvalue weighted by molar-refractivity contribution is 7.89. The third-order valence-corrected chi connectivity index (χ3v) is 8.70. The van der Waals surface area contributed by atoms with Crippen LogP contribution in [0.2, 0.25) is 0 Å². The summed E-state index contributed by atoms with van der Waals surface area (Å²) >= 11 is 0. The van der Waals surface area contributed by atoms with Gasteiger partial charge >= 0.3 is 0 Å². The van der Waals surface area contributed by atoms with E-state index in [2.05, 4.69) is 10.3 Å². The number of aromatic nitrogens is 1. The van der Waals surface area contributed by atoms with Crippen molar-refractivity contribution >= 4 is 33.3 Å². The van der Waals surface area contributed by atoms with Gasteiger partial charge in [0, 0.05) is 42.9 Å². The number of benzene rings is 1. The molecule has 1 aromatic heterocycles. The van der Waals surface area contributed by atoms with Gasteiger partial charge in [-0.25, -0.2) is 13.4 Å². The number of rotatable bonds is 5. The van der Waals surface area contributed by atoms with Crippen LogP contribution < -0.4 is 10.2 Å². The molecule has 1 saturated heterocycles. The Kier molecular flexibility index (Phi) is 5.70. The number of amides is 2. The monoisotopic (exact) mass is 468 g/mol. The average Bonchev–Trinajstić information content (AvgIpc) is 3.61. The fourth-order valence-corrected chi connectivity index (χ4v) is 6.32. The van der Waals surface area contributed by atoms with Crippen molar-refractivity contribution in [2.24, 2.45) is 11.8 Å². The number of nitrogens with one attached hydrogen (secondary N) is 1. The van der Waals surface area contributed by atoms with E-state index in [1.54, 1.807) is 42.6 Å². The van der Waals surface area contributed by atoms with E-state index in [0.717, 1.165) is 24.1 Å². The van der Waals surface area contributed by atoms with Crippen molar-refractivity contribution in [1.29, 1.82) is 0 Å². The molecule has 33 heavy (non-hydrogen) atoms. The lowest BCUT2D eigenvalue weighted by Crippen LogP contribution is -2.41. The molecule has 0 radical (unpaired) electrons. The van der Waals surface area contributed by atoms with E-state index in [1.165, 1.54) is 4.31 Å². The van der Waals surface area contributed by atoms with E-state index in [0.29, 0.717) is 38.2 Å². The lowest BCUT2D eigenvalue weighted by molar-refractivity contribution is -0.121. The Bertz CT molecular complexity index is 1170. The van der Waals surface area contributed by atoms with Crippen LogP contribution in [0.15, 0.2) is 47.5 Å². The second-order valence-corrected chi connectivity index (χ2v) is 11.1. The number of hydrogen-bond acceptors (Lipinski definition) is 5. The van der Waals surface area contributed by atoms with E-state index in [4.69, 9.17) is 0 Å². The topological polar surface area (TPSA) is 99.7 Å². The number of sulfonamides is 1. The summed E-state index contributed by atoms with van der Waals surface area (Å²) < 4.78 is 28.1. The number of hydrogen-bond donors (Lipinski definition) is 1. The van der Waals surface area contributed by atoms with Crippen LogP contribution in [0.4, 0.5) is 11.5 Å². The van der Waals surface area contributed by atoms with Gasteiger partial charge in [-0.15, -0.1) is 0 Å². The molecule has 1 saturated carbocycles. The molecule has 3 aliphatic rings. The van der Waals surface area contributed by atoms with Gasteiger partial charge in [0.2, 0.25) is 21.8 Å². The number of anilines is 2. The predicted molar refractivity (Wildman–Crippen MR) is 124 cm³/mol. The van der Waals surface area contributed by atoms with E-state index < -0.39 is 10.0 Å². The van der Waals surface area contributed by atoms with Crippen molar-refractivity contribution in [2.75, 3.05) is 23.3 Å². The van der Waals surface area contributed by atoms with Crippen LogP contribution in [-0.2, 0) is 26.0 Å². The molecule has 2 fully saturated rings. The fourth-order valence-electron chi connectivity index (χ4n) is 4.80. The highest BCUT2D eigenvalue weighted by atomic mass is 32.2. The second-order valence-electron chi connectivity index (χ2n) is 9.21. The fraction of sp³-hybridized carbons (Fsp3) is 0.458. The van der Waals surface area contributed by atoms with Crippen molar-refractivity contribution in [3.63, 3.8) is 0 Å². The van der Waals surface area contributed by atoms with E-state index in [-0.39, 0.29) is 34.6 Å². The lowest BCUT2D eigenvalue weighted by atomic mass is 9.97. The minimum Gasteiger partial charge on any atom is -0.310 e. The zero-order valence-electron chi connectivity index (χ0n) is 18.6. The minimum atomic E-state index is -3.66. The first kappa shape index (κ1) is 22.0. The molecule has 1 N–H and O–H groups in total. The van der Waals surface area contributed by atoms with Crippen LogP contribution in [0.25, 0.3) is 0 Å². The van der Waals surface area contributed by atoms with Gasteiger partial charge in [0.15, 0.2) is 0 Å². The maximum absolute atomic E-state index is 13.3. The Morgan fingerprint density at radius 3 is 2.45 bits per heavy atom. The third kappa shape index (κ3) is 4.27. The molecule has 2 aromatic rings. The third-order valence-electron chi connectivity index (χ3n) is 6.81. The van der Waals surface area contributed by atoms with Crippen molar-refractivity contribution in [2.45, 2.75) is 50.0 Å². The molecule has 2 aliphatic heterocycles. The Balaban J connectivity index is 1.26. The number of carbonyl (C=O) groups is 2. The quantitative estimate of drug-likeness (QED) is 0.727. The van der Waals surface area contributed by atoms with Gasteiger partial charge in [-0.2, -0.15) is 4.31 Å². The second kappa shape index (κ2) is 8.53. The zero-order chi connectivity index (χ0) is 23.2. The molecular weight excluding hydrogens is 440 g/mol. The normalized spacial score (nSPS) is 21.6. The van der Waals surface area contributed by atoms with Crippen LogP contribution in [-0.4, -0.2) is 48.7 Å². The summed E-state index contributed by atoms with van der Waals surface area (Å²) in [5, 5.41) is 2.80. The van der Waals surface area contributed by atoms with Gasteiger partial charge in [-0.05, 0) is 74.9 Å². The Morgan fingerprint density at radius 2 is 1.79 bits per heavy atom. The molecule has 1 aromatic carbocycles. The Hall–Kier alpha value is -2.78. The van der Waals surface area contributed by atoms with Gasteiger partial charge in [0.05, 0.1) is 4.90 Å². The summed E-state index contributed by atoms with van der Waals surface area (Å²) in [5.74, 6) is 0.402. The number of nitrogens with zero attached hydrogens (tertiary/aromatic N) is 3. The molecule has 9 heteroatoms. The lowest BCUT2D eigenvalue weighted by Gasteiger charge is -2.30. The minimum absolute atomic E-state index is 0.0411. The van der Waals surface area contributed by atoms with Gasteiger partial charge in [-0.3, -0.25) is 9.59 Å². The van der Waals surface area contributed by atoms with E-state index >= 15 is 0 Å². The number of fused-ring (bicyclic) bond motifs is 1. The average molecular weight is 469 g/mol. The Labute approximate surface area is 194 Å². The van der Waals surface area contributed by atoms with Crippen molar-refractivity contribution in [3.05, 3.63) is 48.2 Å². The molecule has 1 atom stereocenters. The molecule has 1 unspecified atom stereocenters. The zero-order valence-corrected chi connectivity index (χ0v) is 19.4. The number of carbonyl (C=O) groups excluding carboxylic acids is 2. The van der Waals surface area contributed by atoms with Gasteiger partial charge in [-0.1, -0.05) is 6.07 Å². The smallest absolute Gasteiger partial charge is 0.243 e. The summed E-state index contributed by atoms with van der Waals surface area (Å²) in [6.07, 6.45) is 5.09. The first-order valence-corrected chi connectivity index (χ1v) is 13.0.